The van der Waals surface area contributed by atoms with Crippen LogP contribution in [0.2, 0.25) is 0 Å². The van der Waals surface area contributed by atoms with Crippen LogP contribution in [0.5, 0.6) is 0 Å². The predicted octanol–water partition coefficient (Wildman–Crippen LogP) is 13.4. The van der Waals surface area contributed by atoms with Crippen molar-refractivity contribution < 1.29 is 52.7 Å². The summed E-state index contributed by atoms with van der Waals surface area (Å²) < 4.78 is 0. The van der Waals surface area contributed by atoms with Gasteiger partial charge in [0.1, 0.15) is 11.6 Å². The van der Waals surface area contributed by atoms with Gasteiger partial charge >= 0.3 is 0 Å². The highest BCUT2D eigenvalue weighted by atomic mass is 16.2. The quantitative estimate of drug-likeness (QED) is 0.0674. The number of carbonyl (C=O) groups is 11. The number of rotatable bonds is 25. The molecule has 0 unspecified atom stereocenters. The van der Waals surface area contributed by atoms with Gasteiger partial charge in [0.15, 0.2) is 28.9 Å². The number of nitrogens with one attached hydrogen (secondary N) is 1. The Kier molecular flexibility index (Phi) is 40.8. The van der Waals surface area contributed by atoms with Crippen molar-refractivity contribution in [1.82, 2.24) is 5.32 Å². The lowest BCUT2D eigenvalue weighted by Gasteiger charge is -2.16. The first kappa shape index (κ1) is 77.0. The number of carbonyl (C=O) groups excluding carboxylic acids is 11. The molecule has 0 fully saturated rings. The Labute approximate surface area is 443 Å². The van der Waals surface area contributed by atoms with E-state index < -0.39 is 5.41 Å². The maximum Gasteiger partial charge on any atom is 0.221 e. The fourth-order valence-electron chi connectivity index (χ4n) is 5.81. The van der Waals surface area contributed by atoms with E-state index in [9.17, 15) is 52.7 Å². The van der Waals surface area contributed by atoms with Gasteiger partial charge in [-0.2, -0.15) is 0 Å². The predicted molar refractivity (Wildman–Crippen MR) is 299 cm³/mol. The summed E-state index contributed by atoms with van der Waals surface area (Å²) in [5.41, 5.74) is 0.520. The van der Waals surface area contributed by atoms with Gasteiger partial charge in [0, 0.05) is 75.0 Å². The highest BCUT2D eigenvalue weighted by Crippen LogP contribution is 2.22. The number of hydrogen-bond donors (Lipinski definition) is 1. The maximum atomic E-state index is 11.6. The van der Waals surface area contributed by atoms with E-state index >= 15 is 0 Å². The van der Waals surface area contributed by atoms with E-state index in [0.29, 0.717) is 82.6 Å². The minimum Gasteiger partial charge on any atom is -0.349 e. The van der Waals surface area contributed by atoms with Crippen LogP contribution in [-0.2, 0) is 52.7 Å². The lowest BCUT2D eigenvalue weighted by molar-refractivity contribution is -0.141. The van der Waals surface area contributed by atoms with Crippen molar-refractivity contribution in [2.45, 2.75) is 236 Å². The summed E-state index contributed by atoms with van der Waals surface area (Å²) in [6.45, 7) is 45.6. The minimum absolute atomic E-state index is 0.0186. The van der Waals surface area contributed by atoms with Crippen molar-refractivity contribution in [2.75, 3.05) is 6.54 Å². The third-order valence-corrected chi connectivity index (χ3v) is 9.50. The number of allylic oxidation sites excluding steroid dienone is 7. The maximum absolute atomic E-state index is 11.6. The van der Waals surface area contributed by atoms with Gasteiger partial charge in [-0.05, 0) is 92.9 Å². The minimum atomic E-state index is -0.522. The van der Waals surface area contributed by atoms with Crippen LogP contribution in [0.3, 0.4) is 0 Å². The molecule has 0 radical (unpaired) electrons. The van der Waals surface area contributed by atoms with Crippen LogP contribution in [0.4, 0.5) is 0 Å². The third kappa shape index (κ3) is 54.7. The van der Waals surface area contributed by atoms with E-state index in [0.717, 1.165) is 5.57 Å². The Hall–Kier alpha value is -4.87. The molecule has 73 heavy (non-hydrogen) atoms. The van der Waals surface area contributed by atoms with Crippen LogP contribution in [0.1, 0.15) is 236 Å². The molecule has 12 nitrogen and oxygen atoms in total. The monoisotopic (exact) mass is 1030 g/mol. The number of hydrogen-bond acceptors (Lipinski definition) is 11. The highest BCUT2D eigenvalue weighted by molar-refractivity contribution is 6.41. The van der Waals surface area contributed by atoms with Gasteiger partial charge in [0.05, 0.1) is 6.54 Å². The topological polar surface area (TPSA) is 200 Å². The fourth-order valence-corrected chi connectivity index (χ4v) is 5.81. The van der Waals surface area contributed by atoms with Gasteiger partial charge < -0.3 is 5.32 Å². The van der Waals surface area contributed by atoms with Crippen molar-refractivity contribution in [1.29, 1.82) is 0 Å². The van der Waals surface area contributed by atoms with Crippen molar-refractivity contribution in [3.63, 3.8) is 0 Å². The number of ketones is 10. The molecule has 0 aliphatic rings. The van der Waals surface area contributed by atoms with Gasteiger partial charge in [-0.1, -0.05) is 149 Å². The smallest absolute Gasteiger partial charge is 0.221 e. The second kappa shape index (κ2) is 38.7. The van der Waals surface area contributed by atoms with E-state index in [4.69, 9.17) is 0 Å². The zero-order valence-corrected chi connectivity index (χ0v) is 50.1. The van der Waals surface area contributed by atoms with Gasteiger partial charge in [-0.25, -0.2) is 0 Å². The standard InChI is InChI=1S/C15H25NO3.C13H22O2.C12H20O2.C11H18O2.C10H18O2/c1-5-7-12(17)8-6-9-14(19)16-11-13(18)10-15(2,3)4;1-5-7-11(14)8-6-9-12(15)10-13(2,3)4;1-6-9(2)10(13)7-8-11(14)12(3,4)5;1-8(2)6-9(12)10(13)7-11(3,4)5;1-7(2)6-8(11)9(12)10(3,4)5/h5,7H,6,8-11H2,1-4H3,(H,16,19);5,7H,6,8-10H2,1-4H3;2,6-8H2,1,3-5H3;6H,7H2,1-5H3;7H,6H2,1-5H3/b2*7-5+;;;. The van der Waals surface area contributed by atoms with Crippen LogP contribution in [0.25, 0.3) is 0 Å². The Morgan fingerprint density at radius 1 is 0.521 bits per heavy atom. The molecular formula is C61H103NO11. The molecule has 0 bridgehead atoms. The van der Waals surface area contributed by atoms with Crippen molar-refractivity contribution >= 4 is 63.7 Å². The Morgan fingerprint density at radius 2 is 0.945 bits per heavy atom. The molecule has 0 aromatic heterocycles. The molecule has 0 spiro atoms. The molecule has 0 aliphatic carbocycles. The molecule has 0 aromatic carbocycles. The largest absolute Gasteiger partial charge is 0.349 e. The van der Waals surface area contributed by atoms with Crippen LogP contribution in [0, 0.1) is 33.0 Å². The molecule has 0 atom stereocenters. The Morgan fingerprint density at radius 3 is 1.30 bits per heavy atom. The summed E-state index contributed by atoms with van der Waals surface area (Å²) in [6, 6.07) is 0. The van der Waals surface area contributed by atoms with Gasteiger partial charge in [-0.3, -0.25) is 52.7 Å². The molecule has 0 aromatic rings. The summed E-state index contributed by atoms with van der Waals surface area (Å²) >= 11 is 0. The second-order valence-corrected chi connectivity index (χ2v) is 24.9. The number of amides is 1. The molecule has 1 amide bonds. The molecular weight excluding hydrogens is 923 g/mol. The summed E-state index contributed by atoms with van der Waals surface area (Å²) in [6.07, 6.45) is 13.8. The molecule has 0 aliphatic heterocycles. The van der Waals surface area contributed by atoms with E-state index in [1.54, 1.807) is 45.9 Å². The first-order valence-electron chi connectivity index (χ1n) is 26.0. The molecule has 0 saturated carbocycles. The number of Topliss-reactive ketones (excluding diaryl/α,β-unsaturated/α-hetero) is 7. The highest BCUT2D eigenvalue weighted by Gasteiger charge is 2.28. The molecule has 12 heteroatoms. The molecule has 1 N–H and O–H groups in total. The second-order valence-electron chi connectivity index (χ2n) is 24.9. The van der Waals surface area contributed by atoms with Gasteiger partial charge in [-0.15, -0.1) is 0 Å². The first-order valence-corrected chi connectivity index (χ1v) is 26.0. The Balaban J connectivity index is -0.000000266. The van der Waals surface area contributed by atoms with E-state index in [-0.39, 0.29) is 104 Å². The molecule has 0 rings (SSSR count). The van der Waals surface area contributed by atoms with E-state index in [1.807, 2.05) is 104 Å². The lowest BCUT2D eigenvalue weighted by atomic mass is 9.86. The molecule has 418 valence electrons. The summed E-state index contributed by atoms with van der Waals surface area (Å²) in [5.74, 6) is -0.488. The zero-order valence-electron chi connectivity index (χ0n) is 50.1. The third-order valence-electron chi connectivity index (χ3n) is 9.50. The summed E-state index contributed by atoms with van der Waals surface area (Å²) in [5, 5.41) is 2.59. The summed E-state index contributed by atoms with van der Waals surface area (Å²) in [7, 11) is 0. The van der Waals surface area contributed by atoms with E-state index in [2.05, 4.69) is 32.7 Å². The fraction of sp³-hybridized carbons (Fsp3) is 0.689. The van der Waals surface area contributed by atoms with E-state index in [1.165, 1.54) is 12.2 Å². The average molecular weight is 1030 g/mol. The van der Waals surface area contributed by atoms with Crippen molar-refractivity contribution in [2.24, 2.45) is 33.0 Å². The van der Waals surface area contributed by atoms with Gasteiger partial charge in [0.25, 0.3) is 0 Å². The average Bonchev–Trinajstić information content (AvgIpc) is 3.19. The zero-order chi connectivity index (χ0) is 58.7. The van der Waals surface area contributed by atoms with Crippen molar-refractivity contribution in [3.8, 4) is 0 Å². The van der Waals surface area contributed by atoms with Crippen LogP contribution in [-0.4, -0.2) is 70.3 Å². The summed E-state index contributed by atoms with van der Waals surface area (Å²) in [4.78, 5) is 125. The van der Waals surface area contributed by atoms with Crippen LogP contribution < -0.4 is 5.32 Å². The van der Waals surface area contributed by atoms with Crippen LogP contribution >= 0.6 is 0 Å². The normalized spacial score (nSPS) is 11.5. The lowest BCUT2D eigenvalue weighted by Crippen LogP contribution is -2.31. The molecule has 0 heterocycles. The first-order chi connectivity index (χ1) is 32.8. The molecule has 0 saturated heterocycles. The van der Waals surface area contributed by atoms with Crippen molar-refractivity contribution in [3.05, 3.63) is 48.1 Å². The van der Waals surface area contributed by atoms with Crippen LogP contribution in [0.15, 0.2) is 48.1 Å². The van der Waals surface area contributed by atoms with Gasteiger partial charge in [0.2, 0.25) is 23.3 Å². The Bertz CT molecular complexity index is 1900. The SMILES string of the molecule is C/C=C/C(=O)CCCC(=O)CC(C)(C)C.C/C=C/C(=O)CCCC(=O)NCC(=O)CC(C)(C)C.C=C(CC)C(=O)CCC(=O)C(C)(C)C.CC(C)=CC(=O)C(=O)CC(C)(C)C.CC(C)CC(=O)C(=O)C(C)(C)C.